The molecule has 0 radical (unpaired) electrons. The Bertz CT molecular complexity index is 182. The highest BCUT2D eigenvalue weighted by Gasteiger charge is 2.34. The standard InChI is InChI=1S/C8H14ClNO2/c1-8(2,3)12-7(11)6-4-10(9)5-6/h6H,4-5H2,1-3H3. The maximum Gasteiger partial charge on any atom is 0.312 e. The van der Waals surface area contributed by atoms with Gasteiger partial charge in [-0.1, -0.05) is 0 Å². The fraction of sp³-hybridized carbons (Fsp3) is 0.875. The van der Waals surface area contributed by atoms with E-state index in [1.807, 2.05) is 20.8 Å². The van der Waals surface area contributed by atoms with Crippen molar-refractivity contribution in [1.29, 1.82) is 0 Å². The van der Waals surface area contributed by atoms with Crippen LogP contribution in [0.2, 0.25) is 0 Å². The Morgan fingerprint density at radius 3 is 2.33 bits per heavy atom. The highest BCUT2D eigenvalue weighted by Crippen LogP contribution is 2.21. The van der Waals surface area contributed by atoms with Crippen LogP contribution >= 0.6 is 11.8 Å². The maximum absolute atomic E-state index is 11.3. The van der Waals surface area contributed by atoms with E-state index in [9.17, 15) is 4.79 Å². The largest absolute Gasteiger partial charge is 0.460 e. The molecule has 1 aliphatic heterocycles. The van der Waals surface area contributed by atoms with Gasteiger partial charge in [0.25, 0.3) is 0 Å². The van der Waals surface area contributed by atoms with Crippen molar-refractivity contribution in [2.24, 2.45) is 5.92 Å². The molecule has 0 aromatic heterocycles. The summed E-state index contributed by atoms with van der Waals surface area (Å²) < 4.78 is 6.74. The van der Waals surface area contributed by atoms with Gasteiger partial charge in [0.15, 0.2) is 0 Å². The minimum absolute atomic E-state index is 0.0262. The third-order valence-electron chi connectivity index (χ3n) is 1.58. The first-order valence-electron chi connectivity index (χ1n) is 4.02. The van der Waals surface area contributed by atoms with Gasteiger partial charge in [-0.3, -0.25) is 4.79 Å². The lowest BCUT2D eigenvalue weighted by Crippen LogP contribution is -2.47. The fourth-order valence-corrected chi connectivity index (χ4v) is 1.29. The molecule has 70 valence electrons. The van der Waals surface area contributed by atoms with Crippen LogP contribution in [0.1, 0.15) is 20.8 Å². The molecule has 0 amide bonds. The first kappa shape index (κ1) is 9.81. The van der Waals surface area contributed by atoms with E-state index in [1.165, 1.54) is 0 Å². The second-order valence-corrected chi connectivity index (χ2v) is 4.54. The van der Waals surface area contributed by atoms with E-state index in [4.69, 9.17) is 16.5 Å². The summed E-state index contributed by atoms with van der Waals surface area (Å²) in [5, 5.41) is 0. The molecule has 0 spiro atoms. The lowest BCUT2D eigenvalue weighted by molar-refractivity contribution is -0.163. The summed E-state index contributed by atoms with van der Waals surface area (Å²) in [6.07, 6.45) is 0. The van der Waals surface area contributed by atoms with E-state index in [-0.39, 0.29) is 17.5 Å². The number of carbonyl (C=O) groups excluding carboxylic acids is 1. The van der Waals surface area contributed by atoms with Crippen molar-refractivity contribution in [2.45, 2.75) is 26.4 Å². The van der Waals surface area contributed by atoms with E-state index >= 15 is 0 Å². The predicted molar refractivity (Wildman–Crippen MR) is 46.8 cm³/mol. The predicted octanol–water partition coefficient (Wildman–Crippen LogP) is 1.41. The van der Waals surface area contributed by atoms with Crippen molar-refractivity contribution in [1.82, 2.24) is 4.42 Å². The van der Waals surface area contributed by atoms with Crippen LogP contribution in [0.5, 0.6) is 0 Å². The Morgan fingerprint density at radius 1 is 1.50 bits per heavy atom. The molecule has 0 unspecified atom stereocenters. The van der Waals surface area contributed by atoms with Crippen molar-refractivity contribution in [3.05, 3.63) is 0 Å². The van der Waals surface area contributed by atoms with Crippen molar-refractivity contribution < 1.29 is 9.53 Å². The fourth-order valence-electron chi connectivity index (χ4n) is 0.959. The molecule has 0 bridgehead atoms. The summed E-state index contributed by atoms with van der Waals surface area (Å²) >= 11 is 5.58. The van der Waals surface area contributed by atoms with Gasteiger partial charge in [0, 0.05) is 13.1 Å². The summed E-state index contributed by atoms with van der Waals surface area (Å²) in [7, 11) is 0. The number of hydrogen-bond donors (Lipinski definition) is 0. The van der Waals surface area contributed by atoms with Crippen LogP contribution in [-0.4, -0.2) is 29.1 Å². The number of halogens is 1. The van der Waals surface area contributed by atoms with Gasteiger partial charge in [0.1, 0.15) is 5.60 Å². The van der Waals surface area contributed by atoms with E-state index in [1.54, 1.807) is 4.42 Å². The Labute approximate surface area is 77.7 Å². The summed E-state index contributed by atoms with van der Waals surface area (Å²) in [5.41, 5.74) is -0.385. The number of carbonyl (C=O) groups is 1. The van der Waals surface area contributed by atoms with Crippen LogP contribution in [0.15, 0.2) is 0 Å². The van der Waals surface area contributed by atoms with Crippen LogP contribution in [0.25, 0.3) is 0 Å². The zero-order valence-electron chi connectivity index (χ0n) is 7.63. The van der Waals surface area contributed by atoms with E-state index in [0.717, 1.165) is 0 Å². The lowest BCUT2D eigenvalue weighted by Gasteiger charge is -2.33. The first-order chi connectivity index (χ1) is 5.38. The van der Waals surface area contributed by atoms with Crippen molar-refractivity contribution in [3.63, 3.8) is 0 Å². The average molecular weight is 192 g/mol. The Kier molecular flexibility index (Phi) is 2.64. The van der Waals surface area contributed by atoms with Gasteiger partial charge in [-0.2, -0.15) is 0 Å². The molecule has 0 N–H and O–H groups in total. The SMILES string of the molecule is CC(C)(C)OC(=O)C1CN(Cl)C1. The monoisotopic (exact) mass is 191 g/mol. The highest BCUT2D eigenvalue weighted by molar-refractivity contribution is 6.14. The zero-order valence-corrected chi connectivity index (χ0v) is 8.39. The quantitative estimate of drug-likeness (QED) is 0.464. The molecule has 4 heteroatoms. The van der Waals surface area contributed by atoms with Crippen LogP contribution in [-0.2, 0) is 9.53 Å². The van der Waals surface area contributed by atoms with Crippen LogP contribution in [0, 0.1) is 5.92 Å². The molecular weight excluding hydrogens is 178 g/mol. The van der Waals surface area contributed by atoms with Gasteiger partial charge < -0.3 is 4.74 Å². The van der Waals surface area contributed by atoms with Gasteiger partial charge >= 0.3 is 5.97 Å². The number of ether oxygens (including phenoxy) is 1. The van der Waals surface area contributed by atoms with E-state index < -0.39 is 0 Å². The second kappa shape index (κ2) is 3.23. The Morgan fingerprint density at radius 2 is 2.00 bits per heavy atom. The zero-order chi connectivity index (χ0) is 9.35. The molecule has 0 atom stereocenters. The van der Waals surface area contributed by atoms with Gasteiger partial charge in [-0.05, 0) is 32.5 Å². The summed E-state index contributed by atoms with van der Waals surface area (Å²) in [6, 6.07) is 0. The molecule has 1 heterocycles. The van der Waals surface area contributed by atoms with Gasteiger partial charge in [-0.25, -0.2) is 4.42 Å². The van der Waals surface area contributed by atoms with Crippen LogP contribution < -0.4 is 0 Å². The number of rotatable bonds is 1. The molecule has 1 saturated heterocycles. The van der Waals surface area contributed by atoms with Crippen LogP contribution in [0.4, 0.5) is 0 Å². The molecule has 1 aliphatic rings. The maximum atomic E-state index is 11.3. The molecule has 3 nitrogen and oxygen atoms in total. The van der Waals surface area contributed by atoms with Crippen molar-refractivity contribution >= 4 is 17.7 Å². The van der Waals surface area contributed by atoms with Gasteiger partial charge in [-0.15, -0.1) is 0 Å². The topological polar surface area (TPSA) is 29.5 Å². The second-order valence-electron chi connectivity index (χ2n) is 4.06. The van der Waals surface area contributed by atoms with E-state index in [2.05, 4.69) is 0 Å². The third-order valence-corrected chi connectivity index (χ3v) is 1.85. The number of nitrogens with zero attached hydrogens (tertiary/aromatic N) is 1. The third kappa shape index (κ3) is 2.64. The van der Waals surface area contributed by atoms with Crippen molar-refractivity contribution in [3.8, 4) is 0 Å². The number of hydrogen-bond acceptors (Lipinski definition) is 3. The number of esters is 1. The minimum Gasteiger partial charge on any atom is -0.460 e. The van der Waals surface area contributed by atoms with Crippen LogP contribution in [0.3, 0.4) is 0 Å². The highest BCUT2D eigenvalue weighted by atomic mass is 35.5. The summed E-state index contributed by atoms with van der Waals surface area (Å²) in [6.45, 7) is 6.80. The molecule has 12 heavy (non-hydrogen) atoms. The lowest BCUT2D eigenvalue weighted by atomic mass is 10.0. The minimum atomic E-state index is -0.385. The Balaban J connectivity index is 2.30. The summed E-state index contributed by atoms with van der Waals surface area (Å²) in [4.78, 5) is 11.3. The molecule has 0 aromatic carbocycles. The average Bonchev–Trinajstić information content (AvgIpc) is 1.76. The Hall–Kier alpha value is -0.280. The van der Waals surface area contributed by atoms with Gasteiger partial charge in [0.2, 0.25) is 0 Å². The van der Waals surface area contributed by atoms with E-state index in [0.29, 0.717) is 13.1 Å². The molecule has 1 fully saturated rings. The molecular formula is C8H14ClNO2. The van der Waals surface area contributed by atoms with Gasteiger partial charge in [0.05, 0.1) is 5.92 Å². The summed E-state index contributed by atoms with van der Waals surface area (Å²) in [5.74, 6) is -0.166. The molecule has 1 rings (SSSR count). The molecule has 0 saturated carbocycles. The smallest absolute Gasteiger partial charge is 0.312 e. The normalized spacial score (nSPS) is 20.3. The van der Waals surface area contributed by atoms with Crippen molar-refractivity contribution in [2.75, 3.05) is 13.1 Å². The molecule has 0 aliphatic carbocycles. The molecule has 0 aromatic rings. The first-order valence-corrected chi connectivity index (χ1v) is 4.36.